The summed E-state index contributed by atoms with van der Waals surface area (Å²) >= 11 is 0. The Balaban J connectivity index is 2.45. The van der Waals surface area contributed by atoms with Crippen LogP contribution in [0.1, 0.15) is 24.5 Å². The van der Waals surface area contributed by atoms with Crippen molar-refractivity contribution in [1.82, 2.24) is 0 Å². The largest absolute Gasteiger partial charge is 0.481 e. The smallest absolute Gasteiger partial charge is 0.307 e. The van der Waals surface area contributed by atoms with Gasteiger partial charge in [-0.1, -0.05) is 11.6 Å². The molecule has 1 aromatic carbocycles. The first-order valence-electron chi connectivity index (χ1n) is 4.77. The van der Waals surface area contributed by atoms with Crippen molar-refractivity contribution in [3.05, 3.63) is 40.7 Å². The van der Waals surface area contributed by atoms with Gasteiger partial charge in [0.1, 0.15) is 5.82 Å². The third-order valence-electron chi connectivity index (χ3n) is 2.70. The fourth-order valence-electron chi connectivity index (χ4n) is 2.00. The molecule has 0 bridgehead atoms. The molecule has 0 aliphatic heterocycles. The Morgan fingerprint density at radius 2 is 2.27 bits per heavy atom. The summed E-state index contributed by atoms with van der Waals surface area (Å²) < 4.78 is 13.0. The monoisotopic (exact) mass is 206 g/mol. The third kappa shape index (κ3) is 1.77. The molecule has 0 radical (unpaired) electrons. The molecule has 15 heavy (non-hydrogen) atoms. The number of carboxylic acids is 1. The average Bonchev–Trinajstić information content (AvgIpc) is 2.43. The molecule has 1 N–H and O–H groups in total. The second kappa shape index (κ2) is 3.50. The zero-order valence-electron chi connectivity index (χ0n) is 8.38. The number of allylic oxidation sites excluding steroid dienone is 1. The van der Waals surface area contributed by atoms with E-state index in [9.17, 15) is 9.18 Å². The molecule has 1 aliphatic carbocycles. The summed E-state index contributed by atoms with van der Waals surface area (Å²) in [5.41, 5.74) is 3.56. The van der Waals surface area contributed by atoms with Gasteiger partial charge < -0.3 is 5.11 Å². The minimum atomic E-state index is -0.874. The van der Waals surface area contributed by atoms with Gasteiger partial charge in [0, 0.05) is 0 Å². The first-order chi connectivity index (χ1) is 7.08. The van der Waals surface area contributed by atoms with Crippen molar-refractivity contribution in [2.24, 2.45) is 0 Å². The summed E-state index contributed by atoms with van der Waals surface area (Å²) in [4.78, 5) is 10.7. The molecule has 0 aromatic heterocycles. The van der Waals surface area contributed by atoms with Gasteiger partial charge in [-0.25, -0.2) is 4.39 Å². The highest BCUT2D eigenvalue weighted by Crippen LogP contribution is 2.35. The van der Waals surface area contributed by atoms with E-state index in [1.807, 2.05) is 6.92 Å². The molecule has 0 amide bonds. The van der Waals surface area contributed by atoms with Crippen LogP contribution in [0.15, 0.2) is 23.8 Å². The first-order valence-corrected chi connectivity index (χ1v) is 4.77. The summed E-state index contributed by atoms with van der Waals surface area (Å²) in [6.45, 7) is 1.90. The fraction of sp³-hybridized carbons (Fsp3) is 0.250. The minimum absolute atomic E-state index is 0.0255. The van der Waals surface area contributed by atoms with Crippen molar-refractivity contribution in [3.63, 3.8) is 0 Å². The van der Waals surface area contributed by atoms with Crippen LogP contribution in [0.3, 0.4) is 0 Å². The van der Waals surface area contributed by atoms with E-state index in [-0.39, 0.29) is 12.2 Å². The van der Waals surface area contributed by atoms with Crippen LogP contribution < -0.4 is 0 Å². The van der Waals surface area contributed by atoms with Crippen LogP contribution >= 0.6 is 0 Å². The summed E-state index contributed by atoms with van der Waals surface area (Å²) in [6, 6.07) is 4.56. The predicted molar refractivity (Wildman–Crippen MR) is 55.0 cm³/mol. The molecule has 0 atom stereocenters. The topological polar surface area (TPSA) is 37.3 Å². The molecular weight excluding hydrogens is 195 g/mol. The molecule has 0 saturated carbocycles. The average molecular weight is 206 g/mol. The minimum Gasteiger partial charge on any atom is -0.481 e. The predicted octanol–water partition coefficient (Wildman–Crippen LogP) is 2.63. The van der Waals surface area contributed by atoms with Gasteiger partial charge in [0.05, 0.1) is 6.42 Å². The van der Waals surface area contributed by atoms with Crippen LogP contribution in [-0.4, -0.2) is 11.1 Å². The van der Waals surface area contributed by atoms with E-state index in [0.717, 1.165) is 28.7 Å². The second-order valence-electron chi connectivity index (χ2n) is 3.81. The molecule has 0 unspecified atom stereocenters. The molecule has 0 fully saturated rings. The summed E-state index contributed by atoms with van der Waals surface area (Å²) in [5.74, 6) is -1.19. The SMILES string of the molecule is CC1=C(CC(=O)O)c2cc(F)ccc2C1. The Bertz CT molecular complexity index is 461. The number of hydrogen-bond donors (Lipinski definition) is 1. The van der Waals surface area contributed by atoms with Crippen LogP contribution in [-0.2, 0) is 11.2 Å². The molecule has 1 aromatic rings. The molecule has 0 spiro atoms. The van der Waals surface area contributed by atoms with Crippen molar-refractivity contribution >= 4 is 11.5 Å². The van der Waals surface area contributed by atoms with Crippen molar-refractivity contribution in [3.8, 4) is 0 Å². The van der Waals surface area contributed by atoms with E-state index < -0.39 is 5.97 Å². The van der Waals surface area contributed by atoms with E-state index in [1.54, 1.807) is 6.07 Å². The van der Waals surface area contributed by atoms with Gasteiger partial charge in [-0.2, -0.15) is 0 Å². The Hall–Kier alpha value is -1.64. The van der Waals surface area contributed by atoms with Gasteiger partial charge in [0.2, 0.25) is 0 Å². The highest BCUT2D eigenvalue weighted by Gasteiger charge is 2.20. The lowest BCUT2D eigenvalue weighted by Gasteiger charge is -2.03. The first kappa shape index (κ1) is 9.90. The second-order valence-corrected chi connectivity index (χ2v) is 3.81. The van der Waals surface area contributed by atoms with Crippen LogP contribution in [0.5, 0.6) is 0 Å². The molecule has 3 heteroatoms. The maximum atomic E-state index is 13.0. The Labute approximate surface area is 87.0 Å². The van der Waals surface area contributed by atoms with Crippen molar-refractivity contribution in [1.29, 1.82) is 0 Å². The van der Waals surface area contributed by atoms with Crippen LogP contribution in [0.4, 0.5) is 4.39 Å². The maximum absolute atomic E-state index is 13.0. The number of aliphatic carboxylic acids is 1. The standard InChI is InChI=1S/C12H11FO2/c1-7-4-8-2-3-9(13)5-11(8)10(7)6-12(14)15/h2-3,5H,4,6H2,1H3,(H,14,15). The Kier molecular flexibility index (Phi) is 2.31. The number of fused-ring (bicyclic) bond motifs is 1. The lowest BCUT2D eigenvalue weighted by Crippen LogP contribution is -1.97. The van der Waals surface area contributed by atoms with Crippen molar-refractivity contribution in [2.75, 3.05) is 0 Å². The van der Waals surface area contributed by atoms with Gasteiger partial charge in [-0.3, -0.25) is 4.79 Å². The molecule has 1 aliphatic rings. The molecule has 0 saturated heterocycles. The van der Waals surface area contributed by atoms with E-state index in [2.05, 4.69) is 0 Å². The Morgan fingerprint density at radius 3 is 2.93 bits per heavy atom. The van der Waals surface area contributed by atoms with Gasteiger partial charge >= 0.3 is 5.97 Å². The van der Waals surface area contributed by atoms with Gasteiger partial charge in [-0.05, 0) is 42.2 Å². The van der Waals surface area contributed by atoms with E-state index >= 15 is 0 Å². The van der Waals surface area contributed by atoms with Gasteiger partial charge in [0.15, 0.2) is 0 Å². The van der Waals surface area contributed by atoms with Crippen molar-refractivity contribution in [2.45, 2.75) is 19.8 Å². The number of benzene rings is 1. The van der Waals surface area contributed by atoms with Crippen LogP contribution in [0, 0.1) is 5.82 Å². The maximum Gasteiger partial charge on any atom is 0.307 e. The number of carboxylic acid groups (broad SMARTS) is 1. The van der Waals surface area contributed by atoms with E-state index in [0.29, 0.717) is 0 Å². The molecular formula is C12H11FO2. The molecule has 2 rings (SSSR count). The number of halogens is 1. The van der Waals surface area contributed by atoms with Gasteiger partial charge in [-0.15, -0.1) is 0 Å². The Morgan fingerprint density at radius 1 is 1.53 bits per heavy atom. The fourth-order valence-corrected chi connectivity index (χ4v) is 2.00. The van der Waals surface area contributed by atoms with Crippen molar-refractivity contribution < 1.29 is 14.3 Å². The quantitative estimate of drug-likeness (QED) is 0.807. The number of carbonyl (C=O) groups is 1. The molecule has 2 nitrogen and oxygen atoms in total. The molecule has 0 heterocycles. The number of hydrogen-bond acceptors (Lipinski definition) is 1. The zero-order valence-corrected chi connectivity index (χ0v) is 8.38. The van der Waals surface area contributed by atoms with Gasteiger partial charge in [0.25, 0.3) is 0 Å². The molecule has 78 valence electrons. The highest BCUT2D eigenvalue weighted by atomic mass is 19.1. The zero-order chi connectivity index (χ0) is 11.0. The lowest BCUT2D eigenvalue weighted by atomic mass is 10.0. The summed E-state index contributed by atoms with van der Waals surface area (Å²) in [6.07, 6.45) is 0.709. The normalized spacial score (nSPS) is 14.3. The highest BCUT2D eigenvalue weighted by molar-refractivity contribution is 5.88. The van der Waals surface area contributed by atoms with E-state index in [1.165, 1.54) is 12.1 Å². The lowest BCUT2D eigenvalue weighted by molar-refractivity contribution is -0.135. The summed E-state index contributed by atoms with van der Waals surface area (Å²) in [5, 5.41) is 8.76. The third-order valence-corrected chi connectivity index (χ3v) is 2.70. The van der Waals surface area contributed by atoms with E-state index in [4.69, 9.17) is 5.11 Å². The van der Waals surface area contributed by atoms with Crippen LogP contribution in [0.2, 0.25) is 0 Å². The number of rotatable bonds is 2. The van der Waals surface area contributed by atoms with Crippen LogP contribution in [0.25, 0.3) is 5.57 Å². The summed E-state index contributed by atoms with van der Waals surface area (Å²) in [7, 11) is 0.